The second-order valence-corrected chi connectivity index (χ2v) is 4.99. The van der Waals surface area contributed by atoms with Gasteiger partial charge >= 0.3 is 0 Å². The van der Waals surface area contributed by atoms with Gasteiger partial charge in [-0.15, -0.1) is 0 Å². The number of benzene rings is 1. The lowest BCUT2D eigenvalue weighted by Gasteiger charge is -2.29. The van der Waals surface area contributed by atoms with Crippen molar-refractivity contribution >= 4 is 5.91 Å². The lowest BCUT2D eigenvalue weighted by Crippen LogP contribution is -2.41. The summed E-state index contributed by atoms with van der Waals surface area (Å²) < 4.78 is 0. The van der Waals surface area contributed by atoms with Gasteiger partial charge < -0.3 is 4.90 Å². The number of likely N-dealkylation sites (tertiary alicyclic amines) is 1. The molecule has 1 aliphatic rings. The van der Waals surface area contributed by atoms with E-state index in [1.54, 1.807) is 0 Å². The van der Waals surface area contributed by atoms with E-state index in [0.29, 0.717) is 0 Å². The summed E-state index contributed by atoms with van der Waals surface area (Å²) in [5.41, 5.74) is 0.848. The molecule has 1 heterocycles. The van der Waals surface area contributed by atoms with Gasteiger partial charge in [-0.05, 0) is 38.8 Å². The largest absolute Gasteiger partial charge is 0.327 e. The highest BCUT2D eigenvalue weighted by molar-refractivity contribution is 5.94. The summed E-state index contributed by atoms with van der Waals surface area (Å²) in [4.78, 5) is 13.9. The van der Waals surface area contributed by atoms with Crippen molar-refractivity contribution < 1.29 is 4.79 Å². The molecule has 0 aliphatic carbocycles. The number of carbonyl (C=O) groups excluding carboxylic acids is 1. The van der Waals surface area contributed by atoms with Crippen LogP contribution in [0.2, 0.25) is 0 Å². The van der Waals surface area contributed by atoms with E-state index in [4.69, 9.17) is 0 Å². The van der Waals surface area contributed by atoms with Crippen LogP contribution in [0.25, 0.3) is 0 Å². The standard InChI is InChI=1S/C15H17NO/c1-15(2)11-6-12-16(15)14(17)10-9-13-7-4-3-5-8-13/h3-5,7-8H,6,11-12H2,1-2H3. The molecule has 1 aromatic carbocycles. The summed E-state index contributed by atoms with van der Waals surface area (Å²) in [6, 6.07) is 9.62. The number of amides is 1. The molecule has 2 rings (SSSR count). The van der Waals surface area contributed by atoms with E-state index >= 15 is 0 Å². The number of hydrogen-bond acceptors (Lipinski definition) is 1. The van der Waals surface area contributed by atoms with Crippen molar-refractivity contribution in [2.75, 3.05) is 6.54 Å². The van der Waals surface area contributed by atoms with Crippen LogP contribution >= 0.6 is 0 Å². The Labute approximate surface area is 103 Å². The molecule has 1 amide bonds. The number of carbonyl (C=O) groups is 1. The first-order chi connectivity index (χ1) is 8.09. The van der Waals surface area contributed by atoms with Gasteiger partial charge in [0.15, 0.2) is 0 Å². The fourth-order valence-corrected chi connectivity index (χ4v) is 2.20. The van der Waals surface area contributed by atoms with E-state index < -0.39 is 0 Å². The third kappa shape index (κ3) is 2.68. The van der Waals surface area contributed by atoms with E-state index in [2.05, 4.69) is 25.7 Å². The molecule has 0 spiro atoms. The Bertz CT molecular complexity index is 465. The summed E-state index contributed by atoms with van der Waals surface area (Å²) in [6.45, 7) is 5.03. The zero-order chi connectivity index (χ0) is 12.3. The van der Waals surface area contributed by atoms with Gasteiger partial charge in [0.2, 0.25) is 0 Å². The quantitative estimate of drug-likeness (QED) is 0.623. The lowest BCUT2D eigenvalue weighted by atomic mass is 10.0. The molecule has 88 valence electrons. The van der Waals surface area contributed by atoms with Crippen LogP contribution in [0.1, 0.15) is 32.3 Å². The molecule has 1 saturated heterocycles. The molecule has 1 fully saturated rings. The predicted octanol–water partition coefficient (Wildman–Crippen LogP) is 2.44. The van der Waals surface area contributed by atoms with Crippen LogP contribution in [0.15, 0.2) is 30.3 Å². The number of nitrogens with zero attached hydrogens (tertiary/aromatic N) is 1. The van der Waals surface area contributed by atoms with Crippen LogP contribution in [0.5, 0.6) is 0 Å². The minimum Gasteiger partial charge on any atom is -0.327 e. The zero-order valence-corrected chi connectivity index (χ0v) is 10.4. The minimum absolute atomic E-state index is 0.0392. The Morgan fingerprint density at radius 2 is 2.00 bits per heavy atom. The molecule has 0 atom stereocenters. The summed E-state index contributed by atoms with van der Waals surface area (Å²) >= 11 is 0. The molecule has 0 bridgehead atoms. The Hall–Kier alpha value is -1.75. The second-order valence-electron chi connectivity index (χ2n) is 4.99. The molecule has 17 heavy (non-hydrogen) atoms. The predicted molar refractivity (Wildman–Crippen MR) is 68.3 cm³/mol. The average Bonchev–Trinajstić information content (AvgIpc) is 2.67. The monoisotopic (exact) mass is 227 g/mol. The van der Waals surface area contributed by atoms with E-state index in [0.717, 1.165) is 24.9 Å². The third-order valence-electron chi connectivity index (χ3n) is 3.23. The maximum atomic E-state index is 12.0. The highest BCUT2D eigenvalue weighted by Crippen LogP contribution is 2.27. The molecular weight excluding hydrogens is 210 g/mol. The van der Waals surface area contributed by atoms with Crippen molar-refractivity contribution in [1.29, 1.82) is 0 Å². The van der Waals surface area contributed by atoms with Gasteiger partial charge in [0.1, 0.15) is 0 Å². The molecule has 0 aromatic heterocycles. The first-order valence-corrected chi connectivity index (χ1v) is 5.98. The fraction of sp³-hybridized carbons (Fsp3) is 0.400. The summed E-state index contributed by atoms with van der Waals surface area (Å²) in [6.07, 6.45) is 2.14. The summed E-state index contributed by atoms with van der Waals surface area (Å²) in [7, 11) is 0. The Kier molecular flexibility index (Phi) is 3.19. The highest BCUT2D eigenvalue weighted by Gasteiger charge is 2.34. The molecule has 2 heteroatoms. The smallest absolute Gasteiger partial charge is 0.299 e. The van der Waals surface area contributed by atoms with Crippen LogP contribution in [-0.4, -0.2) is 22.9 Å². The van der Waals surface area contributed by atoms with Crippen molar-refractivity contribution in [3.8, 4) is 11.8 Å². The first-order valence-electron chi connectivity index (χ1n) is 5.98. The van der Waals surface area contributed by atoms with Gasteiger partial charge in [-0.3, -0.25) is 4.79 Å². The van der Waals surface area contributed by atoms with Gasteiger partial charge in [-0.2, -0.15) is 0 Å². The molecule has 0 radical (unpaired) electrons. The van der Waals surface area contributed by atoms with Crippen LogP contribution in [0.3, 0.4) is 0 Å². The molecule has 0 saturated carbocycles. The molecule has 1 aromatic rings. The van der Waals surface area contributed by atoms with Gasteiger partial charge in [-0.25, -0.2) is 0 Å². The third-order valence-corrected chi connectivity index (χ3v) is 3.23. The summed E-state index contributed by atoms with van der Waals surface area (Å²) in [5.74, 6) is 5.59. The van der Waals surface area contributed by atoms with Crippen molar-refractivity contribution in [3.63, 3.8) is 0 Å². The summed E-state index contributed by atoms with van der Waals surface area (Å²) in [5, 5.41) is 0. The van der Waals surface area contributed by atoms with E-state index in [1.165, 1.54) is 0 Å². The van der Waals surface area contributed by atoms with Gasteiger partial charge in [-0.1, -0.05) is 24.1 Å². The second kappa shape index (κ2) is 4.63. The van der Waals surface area contributed by atoms with Crippen LogP contribution < -0.4 is 0 Å². The Morgan fingerprint density at radius 3 is 2.59 bits per heavy atom. The van der Waals surface area contributed by atoms with E-state index in [1.807, 2.05) is 35.2 Å². The highest BCUT2D eigenvalue weighted by atomic mass is 16.2. The van der Waals surface area contributed by atoms with E-state index in [9.17, 15) is 4.79 Å². The van der Waals surface area contributed by atoms with Gasteiger partial charge in [0, 0.05) is 23.6 Å². The maximum Gasteiger partial charge on any atom is 0.299 e. The lowest BCUT2D eigenvalue weighted by molar-refractivity contribution is -0.128. The molecular formula is C15H17NO. The zero-order valence-electron chi connectivity index (χ0n) is 10.4. The van der Waals surface area contributed by atoms with Gasteiger partial charge in [0.05, 0.1) is 0 Å². The Morgan fingerprint density at radius 1 is 1.29 bits per heavy atom. The molecule has 1 aliphatic heterocycles. The molecule has 0 unspecified atom stereocenters. The fourth-order valence-electron chi connectivity index (χ4n) is 2.20. The van der Waals surface area contributed by atoms with Crippen LogP contribution in [0, 0.1) is 11.8 Å². The van der Waals surface area contributed by atoms with Gasteiger partial charge in [0.25, 0.3) is 5.91 Å². The molecule has 2 nitrogen and oxygen atoms in total. The first kappa shape index (κ1) is 11.7. The SMILES string of the molecule is CC1(C)CCCN1C(=O)C#Cc1ccccc1. The van der Waals surface area contributed by atoms with Crippen LogP contribution in [-0.2, 0) is 4.79 Å². The minimum atomic E-state index is -0.0589. The topological polar surface area (TPSA) is 20.3 Å². The number of rotatable bonds is 0. The van der Waals surface area contributed by atoms with E-state index in [-0.39, 0.29) is 11.4 Å². The van der Waals surface area contributed by atoms with Crippen molar-refractivity contribution in [3.05, 3.63) is 35.9 Å². The van der Waals surface area contributed by atoms with Crippen LogP contribution in [0.4, 0.5) is 0 Å². The normalized spacial score (nSPS) is 17.4. The number of hydrogen-bond donors (Lipinski definition) is 0. The Balaban J connectivity index is 2.10. The maximum absolute atomic E-state index is 12.0. The van der Waals surface area contributed by atoms with Crippen molar-refractivity contribution in [1.82, 2.24) is 4.90 Å². The van der Waals surface area contributed by atoms with Crippen molar-refractivity contribution in [2.45, 2.75) is 32.2 Å². The molecule has 0 N–H and O–H groups in total. The van der Waals surface area contributed by atoms with Crippen molar-refractivity contribution in [2.24, 2.45) is 0 Å². The average molecular weight is 227 g/mol.